The number of rotatable bonds is 8. The topological polar surface area (TPSA) is 21.3 Å². The Bertz CT molecular complexity index is 187. The summed E-state index contributed by atoms with van der Waals surface area (Å²) in [6, 6.07) is 0.546. The van der Waals surface area contributed by atoms with E-state index in [2.05, 4.69) is 25.7 Å². The Hall–Kier alpha value is -0.340. The van der Waals surface area contributed by atoms with Gasteiger partial charge in [-0.05, 0) is 32.1 Å². The maximum absolute atomic E-state index is 5.81. The fourth-order valence-electron chi connectivity index (χ4n) is 2.24. The molecule has 0 aliphatic heterocycles. The van der Waals surface area contributed by atoms with E-state index in [1.165, 1.54) is 25.7 Å². The smallest absolute Gasteiger partial charge is 0.0594 e. The third-order valence-corrected chi connectivity index (χ3v) is 3.62. The summed E-state index contributed by atoms with van der Waals surface area (Å²) >= 11 is 0. The highest BCUT2D eigenvalue weighted by Gasteiger charge is 2.15. The van der Waals surface area contributed by atoms with Crippen molar-refractivity contribution in [1.29, 1.82) is 0 Å². The second-order valence-electron chi connectivity index (χ2n) is 5.02. The molecule has 16 heavy (non-hydrogen) atoms. The van der Waals surface area contributed by atoms with Crippen LogP contribution >= 0.6 is 0 Å². The highest BCUT2D eigenvalue weighted by molar-refractivity contribution is 4.77. The van der Waals surface area contributed by atoms with E-state index in [1.54, 1.807) is 0 Å². The van der Waals surface area contributed by atoms with Gasteiger partial charge in [0.1, 0.15) is 0 Å². The van der Waals surface area contributed by atoms with E-state index < -0.39 is 0 Å². The zero-order valence-electron chi connectivity index (χ0n) is 10.9. The van der Waals surface area contributed by atoms with Gasteiger partial charge in [0, 0.05) is 12.6 Å². The molecule has 0 aromatic carbocycles. The van der Waals surface area contributed by atoms with Gasteiger partial charge in [-0.2, -0.15) is 0 Å². The van der Waals surface area contributed by atoms with Crippen molar-refractivity contribution >= 4 is 0 Å². The Balaban J connectivity index is 1.98. The number of hydrogen-bond acceptors (Lipinski definition) is 2. The SMILES string of the molecule is C=CCC(C)C(C)NCCOC1CCCC1. The zero-order chi connectivity index (χ0) is 11.8. The van der Waals surface area contributed by atoms with Gasteiger partial charge in [0.25, 0.3) is 0 Å². The molecule has 2 atom stereocenters. The molecule has 1 fully saturated rings. The highest BCUT2D eigenvalue weighted by Crippen LogP contribution is 2.20. The molecule has 0 aromatic heterocycles. The molecular formula is C14H27NO. The summed E-state index contributed by atoms with van der Waals surface area (Å²) in [7, 11) is 0. The molecule has 0 heterocycles. The van der Waals surface area contributed by atoms with Crippen LogP contribution in [0.3, 0.4) is 0 Å². The van der Waals surface area contributed by atoms with Gasteiger partial charge in [0.2, 0.25) is 0 Å². The van der Waals surface area contributed by atoms with Gasteiger partial charge < -0.3 is 10.1 Å². The largest absolute Gasteiger partial charge is 0.377 e. The molecule has 0 amide bonds. The van der Waals surface area contributed by atoms with E-state index in [-0.39, 0.29) is 0 Å². The van der Waals surface area contributed by atoms with Crippen LogP contribution in [0.15, 0.2) is 12.7 Å². The molecule has 0 radical (unpaired) electrons. The molecule has 1 N–H and O–H groups in total. The molecule has 2 nitrogen and oxygen atoms in total. The van der Waals surface area contributed by atoms with Gasteiger partial charge in [-0.3, -0.25) is 0 Å². The maximum Gasteiger partial charge on any atom is 0.0594 e. The Morgan fingerprint density at radius 3 is 2.69 bits per heavy atom. The first kappa shape index (κ1) is 13.7. The lowest BCUT2D eigenvalue weighted by atomic mass is 10.00. The first-order valence-corrected chi connectivity index (χ1v) is 6.70. The van der Waals surface area contributed by atoms with E-state index in [4.69, 9.17) is 4.74 Å². The number of hydrogen-bond donors (Lipinski definition) is 1. The number of allylic oxidation sites excluding steroid dienone is 1. The van der Waals surface area contributed by atoms with Crippen molar-refractivity contribution in [3.63, 3.8) is 0 Å². The molecule has 94 valence electrons. The molecule has 2 unspecified atom stereocenters. The van der Waals surface area contributed by atoms with E-state index in [9.17, 15) is 0 Å². The average Bonchev–Trinajstić information content (AvgIpc) is 2.77. The summed E-state index contributed by atoms with van der Waals surface area (Å²) in [4.78, 5) is 0. The van der Waals surface area contributed by atoms with E-state index >= 15 is 0 Å². The van der Waals surface area contributed by atoms with Crippen molar-refractivity contribution in [2.45, 2.75) is 58.1 Å². The summed E-state index contributed by atoms with van der Waals surface area (Å²) in [5.41, 5.74) is 0. The Labute approximate surface area is 100 Å². The molecule has 0 bridgehead atoms. The van der Waals surface area contributed by atoms with Crippen LogP contribution < -0.4 is 5.32 Å². The van der Waals surface area contributed by atoms with Gasteiger partial charge in [-0.25, -0.2) is 0 Å². The number of nitrogens with one attached hydrogen (secondary N) is 1. The summed E-state index contributed by atoms with van der Waals surface area (Å²) < 4.78 is 5.81. The van der Waals surface area contributed by atoms with Gasteiger partial charge in [0.15, 0.2) is 0 Å². The first-order valence-electron chi connectivity index (χ1n) is 6.70. The van der Waals surface area contributed by atoms with Crippen molar-refractivity contribution in [2.24, 2.45) is 5.92 Å². The van der Waals surface area contributed by atoms with E-state index in [0.717, 1.165) is 19.6 Å². The van der Waals surface area contributed by atoms with Gasteiger partial charge in [-0.1, -0.05) is 25.8 Å². The Morgan fingerprint density at radius 1 is 1.38 bits per heavy atom. The predicted octanol–water partition coefficient (Wildman–Crippen LogP) is 3.14. The third kappa shape index (κ3) is 5.13. The number of ether oxygens (including phenoxy) is 1. The molecule has 0 saturated heterocycles. The lowest BCUT2D eigenvalue weighted by molar-refractivity contribution is 0.0586. The van der Waals surface area contributed by atoms with Crippen LogP contribution in [-0.4, -0.2) is 25.3 Å². The van der Waals surface area contributed by atoms with Crippen LogP contribution in [0.2, 0.25) is 0 Å². The predicted molar refractivity (Wildman–Crippen MR) is 69.7 cm³/mol. The fourth-order valence-corrected chi connectivity index (χ4v) is 2.24. The molecule has 1 saturated carbocycles. The van der Waals surface area contributed by atoms with Crippen LogP contribution in [0.5, 0.6) is 0 Å². The summed E-state index contributed by atoms with van der Waals surface area (Å²) in [5.74, 6) is 0.656. The molecular weight excluding hydrogens is 198 g/mol. The summed E-state index contributed by atoms with van der Waals surface area (Å²) in [6.07, 6.45) is 8.86. The second-order valence-corrected chi connectivity index (χ2v) is 5.02. The van der Waals surface area contributed by atoms with Crippen molar-refractivity contribution in [1.82, 2.24) is 5.32 Å². The second kappa shape index (κ2) is 7.86. The van der Waals surface area contributed by atoms with Crippen molar-refractivity contribution in [3.8, 4) is 0 Å². The molecule has 0 aromatic rings. The quantitative estimate of drug-likeness (QED) is 0.506. The van der Waals surface area contributed by atoms with Gasteiger partial charge in [0.05, 0.1) is 12.7 Å². The monoisotopic (exact) mass is 225 g/mol. The normalized spacial score (nSPS) is 20.9. The maximum atomic E-state index is 5.81. The van der Waals surface area contributed by atoms with Crippen molar-refractivity contribution in [3.05, 3.63) is 12.7 Å². The van der Waals surface area contributed by atoms with Crippen LogP contribution in [0, 0.1) is 5.92 Å². The lowest BCUT2D eigenvalue weighted by Crippen LogP contribution is -2.34. The lowest BCUT2D eigenvalue weighted by Gasteiger charge is -2.20. The molecule has 1 aliphatic rings. The highest BCUT2D eigenvalue weighted by atomic mass is 16.5. The minimum Gasteiger partial charge on any atom is -0.377 e. The van der Waals surface area contributed by atoms with Crippen LogP contribution in [-0.2, 0) is 4.74 Å². The van der Waals surface area contributed by atoms with Crippen LogP contribution in [0.1, 0.15) is 46.0 Å². The minimum atomic E-state index is 0.544. The Kier molecular flexibility index (Phi) is 6.74. The summed E-state index contributed by atoms with van der Waals surface area (Å²) in [6.45, 7) is 10.1. The van der Waals surface area contributed by atoms with Crippen LogP contribution in [0.4, 0.5) is 0 Å². The van der Waals surface area contributed by atoms with Crippen molar-refractivity contribution < 1.29 is 4.74 Å². The molecule has 1 rings (SSSR count). The molecule has 0 spiro atoms. The molecule has 1 aliphatic carbocycles. The standard InChI is InChI=1S/C14H27NO/c1-4-7-12(2)13(3)15-10-11-16-14-8-5-6-9-14/h4,12-15H,1,5-11H2,2-3H3. The first-order chi connectivity index (χ1) is 7.74. The van der Waals surface area contributed by atoms with Gasteiger partial charge >= 0.3 is 0 Å². The average molecular weight is 225 g/mol. The minimum absolute atomic E-state index is 0.544. The third-order valence-electron chi connectivity index (χ3n) is 3.62. The van der Waals surface area contributed by atoms with Crippen LogP contribution in [0.25, 0.3) is 0 Å². The fraction of sp³-hybridized carbons (Fsp3) is 0.857. The van der Waals surface area contributed by atoms with E-state index in [1.807, 2.05) is 6.08 Å². The van der Waals surface area contributed by atoms with Crippen molar-refractivity contribution in [2.75, 3.05) is 13.2 Å². The summed E-state index contributed by atoms with van der Waals surface area (Å²) in [5, 5.41) is 3.52. The Morgan fingerprint density at radius 2 is 2.06 bits per heavy atom. The molecule has 2 heteroatoms. The van der Waals surface area contributed by atoms with Gasteiger partial charge in [-0.15, -0.1) is 6.58 Å². The zero-order valence-corrected chi connectivity index (χ0v) is 10.9. The van der Waals surface area contributed by atoms with E-state index in [0.29, 0.717) is 18.1 Å².